The van der Waals surface area contributed by atoms with E-state index in [1.54, 1.807) is 32.5 Å². The van der Waals surface area contributed by atoms with Gasteiger partial charge in [-0.05, 0) is 45.0 Å². The second-order valence-corrected chi connectivity index (χ2v) is 10.9. The monoisotopic (exact) mass is 539 g/mol. The Bertz CT molecular complexity index is 1320. The number of nitrogens with one attached hydrogen (secondary N) is 1. The summed E-state index contributed by atoms with van der Waals surface area (Å²) in [5.74, 6) is 0.849. The first kappa shape index (κ1) is 25.9. The maximum absolute atomic E-state index is 12.7. The van der Waals surface area contributed by atoms with Gasteiger partial charge in [0.1, 0.15) is 10.7 Å². The maximum Gasteiger partial charge on any atom is 0.350 e. The van der Waals surface area contributed by atoms with Gasteiger partial charge in [-0.1, -0.05) is 59.5 Å². The second-order valence-electron chi connectivity index (χ2n) is 7.90. The first-order valence-electron chi connectivity index (χ1n) is 11.2. The molecule has 0 unspecified atom stereocenters. The van der Waals surface area contributed by atoms with Crippen molar-refractivity contribution >= 4 is 51.9 Å². The second kappa shape index (κ2) is 12.2. The van der Waals surface area contributed by atoms with Gasteiger partial charge in [0.2, 0.25) is 5.91 Å². The minimum Gasteiger partial charge on any atom is -0.459 e. The van der Waals surface area contributed by atoms with Crippen LogP contribution in [0.3, 0.4) is 0 Å². The predicted octanol–water partition coefficient (Wildman–Crippen LogP) is 5.62. The molecule has 0 radical (unpaired) electrons. The van der Waals surface area contributed by atoms with Crippen LogP contribution >= 0.6 is 34.9 Å². The van der Waals surface area contributed by atoms with Gasteiger partial charge in [-0.3, -0.25) is 9.36 Å². The fourth-order valence-corrected chi connectivity index (χ4v) is 5.65. The summed E-state index contributed by atoms with van der Waals surface area (Å²) in [6.45, 7) is 5.29. The van der Waals surface area contributed by atoms with E-state index in [9.17, 15) is 9.59 Å². The van der Waals surface area contributed by atoms with Gasteiger partial charge >= 0.3 is 5.97 Å². The fraction of sp³-hybridized carbons (Fsp3) is 0.240. The Kier molecular flexibility index (Phi) is 8.79. The number of carbonyl (C=O) groups is 2. The zero-order chi connectivity index (χ0) is 25.5. The van der Waals surface area contributed by atoms with Crippen LogP contribution in [-0.2, 0) is 15.3 Å². The van der Waals surface area contributed by atoms with Crippen molar-refractivity contribution in [2.24, 2.45) is 0 Å². The Morgan fingerprint density at radius 2 is 1.72 bits per heavy atom. The van der Waals surface area contributed by atoms with E-state index in [-0.39, 0.29) is 17.8 Å². The van der Waals surface area contributed by atoms with Crippen molar-refractivity contribution in [2.75, 3.05) is 11.1 Å². The van der Waals surface area contributed by atoms with Crippen molar-refractivity contribution < 1.29 is 14.3 Å². The van der Waals surface area contributed by atoms with E-state index in [4.69, 9.17) is 4.74 Å². The lowest BCUT2D eigenvalue weighted by atomic mass is 10.3. The topological polar surface area (TPSA) is 99.0 Å². The maximum atomic E-state index is 12.7. The molecule has 2 aromatic heterocycles. The van der Waals surface area contributed by atoms with Crippen molar-refractivity contribution in [1.82, 2.24) is 19.7 Å². The number of aromatic nitrogens is 4. The summed E-state index contributed by atoms with van der Waals surface area (Å²) in [5, 5.41) is 12.5. The third-order valence-electron chi connectivity index (χ3n) is 4.73. The van der Waals surface area contributed by atoms with E-state index in [2.05, 4.69) is 32.6 Å². The third-order valence-corrected chi connectivity index (χ3v) is 7.72. The molecule has 4 aromatic rings. The number of hydrogen-bond donors (Lipinski definition) is 1. The summed E-state index contributed by atoms with van der Waals surface area (Å²) >= 11 is 4.07. The Hall–Kier alpha value is -3.15. The molecule has 2 heterocycles. The van der Waals surface area contributed by atoms with E-state index in [0.29, 0.717) is 26.6 Å². The zero-order valence-corrected chi connectivity index (χ0v) is 22.5. The van der Waals surface area contributed by atoms with Gasteiger partial charge in [-0.2, -0.15) is 0 Å². The molecule has 1 amide bonds. The Labute approximate surface area is 221 Å². The number of nitrogens with zero attached hydrogens (tertiary/aromatic N) is 4. The molecule has 0 fully saturated rings. The molecular weight excluding hydrogens is 515 g/mol. The van der Waals surface area contributed by atoms with Crippen molar-refractivity contribution in [3.63, 3.8) is 0 Å². The zero-order valence-electron chi connectivity index (χ0n) is 20.0. The lowest BCUT2D eigenvalue weighted by Gasteiger charge is -2.10. The molecule has 0 aliphatic heterocycles. The van der Waals surface area contributed by atoms with Crippen LogP contribution in [-0.4, -0.2) is 43.5 Å². The van der Waals surface area contributed by atoms with Crippen LogP contribution in [0.4, 0.5) is 5.13 Å². The largest absolute Gasteiger partial charge is 0.459 e. The summed E-state index contributed by atoms with van der Waals surface area (Å²) in [6.07, 6.45) is -0.230. The number of thiazole rings is 1. The first-order valence-corrected chi connectivity index (χ1v) is 14.0. The molecule has 0 bridgehead atoms. The number of carbonyl (C=O) groups excluding carboxylic acids is 2. The minimum absolute atomic E-state index is 0.112. The number of ether oxygens (including phenoxy) is 1. The third kappa shape index (κ3) is 6.74. The van der Waals surface area contributed by atoms with Gasteiger partial charge in [-0.25, -0.2) is 9.78 Å². The molecule has 1 N–H and O–H groups in total. The highest BCUT2D eigenvalue weighted by Gasteiger charge is 2.20. The lowest BCUT2D eigenvalue weighted by Crippen LogP contribution is -2.14. The fourth-order valence-electron chi connectivity index (χ4n) is 3.18. The van der Waals surface area contributed by atoms with Crippen molar-refractivity contribution in [2.45, 2.75) is 42.7 Å². The molecule has 2 aromatic carbocycles. The number of esters is 1. The van der Waals surface area contributed by atoms with Crippen LogP contribution in [0.1, 0.15) is 35.0 Å². The summed E-state index contributed by atoms with van der Waals surface area (Å²) in [7, 11) is 0. The number of anilines is 1. The lowest BCUT2D eigenvalue weighted by molar-refractivity contribution is -0.113. The van der Waals surface area contributed by atoms with Crippen LogP contribution in [0.2, 0.25) is 0 Å². The SMILES string of the molecule is Cc1nc(NC(=O)CSc2nnc(CSc3ccccc3)n2-c2ccccc2)sc1C(=O)OC(C)C. The summed E-state index contributed by atoms with van der Waals surface area (Å²) in [4.78, 5) is 30.7. The molecule has 36 heavy (non-hydrogen) atoms. The van der Waals surface area contributed by atoms with Crippen molar-refractivity contribution in [3.05, 3.63) is 77.1 Å². The number of amides is 1. The number of thioether (sulfide) groups is 2. The molecule has 0 saturated carbocycles. The average Bonchev–Trinajstić information content (AvgIpc) is 3.45. The minimum atomic E-state index is -0.438. The van der Waals surface area contributed by atoms with E-state index < -0.39 is 5.97 Å². The Balaban J connectivity index is 1.44. The van der Waals surface area contributed by atoms with Crippen LogP contribution < -0.4 is 5.32 Å². The molecule has 0 aliphatic carbocycles. The van der Waals surface area contributed by atoms with Crippen LogP contribution in [0.15, 0.2) is 70.7 Å². The van der Waals surface area contributed by atoms with Crippen LogP contribution in [0.5, 0.6) is 0 Å². The predicted molar refractivity (Wildman–Crippen MR) is 144 cm³/mol. The van der Waals surface area contributed by atoms with Gasteiger partial charge in [0.05, 0.1) is 23.3 Å². The number of rotatable bonds is 10. The van der Waals surface area contributed by atoms with E-state index in [0.717, 1.165) is 27.7 Å². The molecule has 0 atom stereocenters. The van der Waals surface area contributed by atoms with Crippen molar-refractivity contribution in [1.29, 1.82) is 0 Å². The molecule has 186 valence electrons. The molecule has 11 heteroatoms. The van der Waals surface area contributed by atoms with E-state index >= 15 is 0 Å². The summed E-state index contributed by atoms with van der Waals surface area (Å²) in [5.41, 5.74) is 1.45. The average molecular weight is 540 g/mol. The molecular formula is C25H25N5O3S3. The number of para-hydroxylation sites is 1. The number of benzene rings is 2. The number of aryl methyl sites for hydroxylation is 1. The highest BCUT2D eigenvalue weighted by molar-refractivity contribution is 7.99. The smallest absolute Gasteiger partial charge is 0.350 e. The molecule has 0 spiro atoms. The van der Waals surface area contributed by atoms with Gasteiger partial charge in [0.15, 0.2) is 10.3 Å². The van der Waals surface area contributed by atoms with Gasteiger partial charge in [-0.15, -0.1) is 22.0 Å². The molecule has 4 rings (SSSR count). The number of hydrogen-bond acceptors (Lipinski definition) is 9. The summed E-state index contributed by atoms with van der Waals surface area (Å²) in [6, 6.07) is 19.9. The quantitative estimate of drug-likeness (QED) is 0.205. The normalized spacial score (nSPS) is 11.0. The highest BCUT2D eigenvalue weighted by atomic mass is 32.2. The van der Waals surface area contributed by atoms with Gasteiger partial charge in [0.25, 0.3) is 0 Å². The Morgan fingerprint density at radius 1 is 1.03 bits per heavy atom. The van der Waals surface area contributed by atoms with E-state index in [1.165, 1.54) is 11.8 Å². The Morgan fingerprint density at radius 3 is 2.42 bits per heavy atom. The molecule has 0 saturated heterocycles. The van der Waals surface area contributed by atoms with Crippen LogP contribution in [0, 0.1) is 6.92 Å². The standard InChI is InChI=1S/C25H25N5O3S3/c1-16(2)33-23(32)22-17(3)26-24(36-22)27-21(31)15-35-25-29-28-20(14-34-19-12-8-5-9-13-19)30(25)18-10-6-4-7-11-18/h4-13,16H,14-15H2,1-3H3,(H,26,27,31). The summed E-state index contributed by atoms with van der Waals surface area (Å²) < 4.78 is 7.21. The first-order chi connectivity index (χ1) is 17.4. The van der Waals surface area contributed by atoms with E-state index in [1.807, 2.05) is 53.1 Å². The van der Waals surface area contributed by atoms with Gasteiger partial charge in [0, 0.05) is 10.6 Å². The molecule has 0 aliphatic rings. The van der Waals surface area contributed by atoms with Gasteiger partial charge < -0.3 is 10.1 Å². The molecule has 8 nitrogen and oxygen atoms in total. The van der Waals surface area contributed by atoms with Crippen LogP contribution in [0.25, 0.3) is 5.69 Å². The van der Waals surface area contributed by atoms with Crippen molar-refractivity contribution in [3.8, 4) is 5.69 Å². The highest BCUT2D eigenvalue weighted by Crippen LogP contribution is 2.28.